The first kappa shape index (κ1) is 17.2. The van der Waals surface area contributed by atoms with Crippen LogP contribution < -0.4 is 17.1 Å². The Kier molecular flexibility index (Phi) is 7.30. The summed E-state index contributed by atoms with van der Waals surface area (Å²) in [6.45, 7) is 8.32. The number of halogens is 1. The van der Waals surface area contributed by atoms with E-state index in [2.05, 4.69) is 4.90 Å². The number of morpholine rings is 1. The molecule has 0 amide bonds. The van der Waals surface area contributed by atoms with Gasteiger partial charge in [-0.3, -0.25) is 4.90 Å². The SMILES string of the molecule is Cc1cccc(C)c1OCC(O)CN1CCOCC1.[Cl-]. The smallest absolute Gasteiger partial charge is 0.125 e. The van der Waals surface area contributed by atoms with Gasteiger partial charge in [-0.15, -0.1) is 0 Å². The van der Waals surface area contributed by atoms with E-state index in [1.54, 1.807) is 0 Å². The predicted molar refractivity (Wildman–Crippen MR) is 74.7 cm³/mol. The van der Waals surface area contributed by atoms with E-state index in [4.69, 9.17) is 9.47 Å². The molecule has 1 saturated heterocycles. The lowest BCUT2D eigenvalue weighted by Crippen LogP contribution is -3.00. The molecule has 1 N–H and O–H groups in total. The summed E-state index contributed by atoms with van der Waals surface area (Å²) in [5.41, 5.74) is 2.22. The van der Waals surface area contributed by atoms with Crippen LogP contribution in [0.25, 0.3) is 0 Å². The van der Waals surface area contributed by atoms with Crippen molar-refractivity contribution in [1.82, 2.24) is 4.90 Å². The number of aliphatic hydroxyl groups excluding tert-OH is 1. The average molecular weight is 301 g/mol. The van der Waals surface area contributed by atoms with Gasteiger partial charge in [0.25, 0.3) is 0 Å². The van der Waals surface area contributed by atoms with E-state index in [0.29, 0.717) is 13.2 Å². The molecule has 0 bridgehead atoms. The number of para-hydroxylation sites is 1. The minimum Gasteiger partial charge on any atom is -1.00 e. The molecule has 1 atom stereocenters. The van der Waals surface area contributed by atoms with E-state index in [1.165, 1.54) is 0 Å². The lowest BCUT2D eigenvalue weighted by atomic mass is 10.1. The molecule has 1 aliphatic rings. The quantitative estimate of drug-likeness (QED) is 0.710. The van der Waals surface area contributed by atoms with Crippen molar-refractivity contribution in [1.29, 1.82) is 0 Å². The lowest BCUT2D eigenvalue weighted by Gasteiger charge is -2.28. The molecule has 20 heavy (non-hydrogen) atoms. The number of hydrogen-bond acceptors (Lipinski definition) is 4. The van der Waals surface area contributed by atoms with Crippen molar-refractivity contribution in [2.24, 2.45) is 0 Å². The van der Waals surface area contributed by atoms with E-state index in [1.807, 2.05) is 32.0 Å². The first-order chi connectivity index (χ1) is 9.16. The van der Waals surface area contributed by atoms with Gasteiger partial charge in [-0.05, 0) is 25.0 Å². The number of hydrogen-bond donors (Lipinski definition) is 1. The Balaban J connectivity index is 0.00000200. The number of aryl methyl sites for hydroxylation is 2. The maximum absolute atomic E-state index is 10.0. The van der Waals surface area contributed by atoms with Gasteiger partial charge < -0.3 is 27.0 Å². The molecule has 0 spiro atoms. The standard InChI is InChI=1S/C15H23NO3.ClH/c1-12-4-3-5-13(2)15(12)19-11-14(17)10-16-6-8-18-9-7-16;/h3-5,14,17H,6-11H2,1-2H3;1H/p-1. The van der Waals surface area contributed by atoms with Crippen molar-refractivity contribution in [2.45, 2.75) is 20.0 Å². The lowest BCUT2D eigenvalue weighted by molar-refractivity contribution is -0.0000358. The van der Waals surface area contributed by atoms with Gasteiger partial charge in [0.1, 0.15) is 18.5 Å². The predicted octanol–water partition coefficient (Wildman–Crippen LogP) is -1.62. The third-order valence-electron chi connectivity index (χ3n) is 3.40. The van der Waals surface area contributed by atoms with Crippen LogP contribution in [-0.2, 0) is 4.74 Å². The minimum absolute atomic E-state index is 0. The summed E-state index contributed by atoms with van der Waals surface area (Å²) in [7, 11) is 0. The number of rotatable bonds is 5. The molecule has 0 saturated carbocycles. The molecule has 1 fully saturated rings. The second-order valence-electron chi connectivity index (χ2n) is 5.10. The fourth-order valence-electron chi connectivity index (χ4n) is 2.34. The van der Waals surface area contributed by atoms with Crippen LogP contribution in [0.15, 0.2) is 18.2 Å². The van der Waals surface area contributed by atoms with Crippen molar-refractivity contribution in [3.05, 3.63) is 29.3 Å². The first-order valence-corrected chi connectivity index (χ1v) is 6.84. The summed E-state index contributed by atoms with van der Waals surface area (Å²) in [6.07, 6.45) is -0.461. The number of aliphatic hydroxyl groups is 1. The largest absolute Gasteiger partial charge is 1.00 e. The molecule has 0 aliphatic carbocycles. The Labute approximate surface area is 127 Å². The summed E-state index contributed by atoms with van der Waals surface area (Å²) >= 11 is 0. The monoisotopic (exact) mass is 300 g/mol. The number of β-amino-alcohol motifs (C(OH)–C–C–N with tert-alkyl or cyclic N) is 1. The van der Waals surface area contributed by atoms with Crippen molar-refractivity contribution < 1.29 is 27.0 Å². The van der Waals surface area contributed by atoms with Gasteiger partial charge in [0, 0.05) is 19.6 Å². The number of benzene rings is 1. The van der Waals surface area contributed by atoms with Gasteiger partial charge in [0.15, 0.2) is 0 Å². The Bertz CT molecular complexity index is 388. The molecule has 2 rings (SSSR count). The van der Waals surface area contributed by atoms with Crippen molar-refractivity contribution >= 4 is 0 Å². The molecular formula is C15H23ClNO3-. The highest BCUT2D eigenvalue weighted by molar-refractivity contribution is 5.39. The van der Waals surface area contributed by atoms with Crippen LogP contribution in [0.2, 0.25) is 0 Å². The van der Waals surface area contributed by atoms with E-state index < -0.39 is 6.10 Å². The molecule has 1 aromatic carbocycles. The van der Waals surface area contributed by atoms with Gasteiger partial charge in [0.2, 0.25) is 0 Å². The fourth-order valence-corrected chi connectivity index (χ4v) is 2.34. The Morgan fingerprint density at radius 1 is 1.25 bits per heavy atom. The number of ether oxygens (including phenoxy) is 2. The minimum atomic E-state index is -0.461. The van der Waals surface area contributed by atoms with Crippen LogP contribution >= 0.6 is 0 Å². The summed E-state index contributed by atoms with van der Waals surface area (Å²) in [4.78, 5) is 2.21. The Morgan fingerprint density at radius 2 is 1.85 bits per heavy atom. The van der Waals surface area contributed by atoms with Gasteiger partial charge in [-0.25, -0.2) is 0 Å². The van der Waals surface area contributed by atoms with Gasteiger partial charge in [-0.2, -0.15) is 0 Å². The highest BCUT2D eigenvalue weighted by Gasteiger charge is 2.15. The van der Waals surface area contributed by atoms with Crippen LogP contribution in [0.3, 0.4) is 0 Å². The van der Waals surface area contributed by atoms with Gasteiger partial charge in [-0.1, -0.05) is 18.2 Å². The molecule has 1 aromatic rings. The highest BCUT2D eigenvalue weighted by atomic mass is 35.5. The topological polar surface area (TPSA) is 41.9 Å². The summed E-state index contributed by atoms with van der Waals surface area (Å²) in [5, 5.41) is 10.0. The maximum atomic E-state index is 10.0. The van der Waals surface area contributed by atoms with Crippen LogP contribution in [0.1, 0.15) is 11.1 Å². The average Bonchev–Trinajstić information content (AvgIpc) is 2.39. The number of nitrogens with zero attached hydrogens (tertiary/aromatic N) is 1. The molecular weight excluding hydrogens is 278 g/mol. The zero-order valence-corrected chi connectivity index (χ0v) is 12.9. The molecule has 0 aromatic heterocycles. The van der Waals surface area contributed by atoms with E-state index >= 15 is 0 Å². The second kappa shape index (κ2) is 8.47. The zero-order chi connectivity index (χ0) is 13.7. The molecule has 1 aliphatic heterocycles. The molecule has 1 unspecified atom stereocenters. The molecule has 0 radical (unpaired) electrons. The molecule has 114 valence electrons. The van der Waals surface area contributed by atoms with Crippen molar-refractivity contribution in [2.75, 3.05) is 39.5 Å². The van der Waals surface area contributed by atoms with Crippen LogP contribution in [0.5, 0.6) is 5.75 Å². The second-order valence-corrected chi connectivity index (χ2v) is 5.10. The Morgan fingerprint density at radius 3 is 2.45 bits per heavy atom. The third kappa shape index (κ3) is 4.94. The van der Waals surface area contributed by atoms with Gasteiger partial charge >= 0.3 is 0 Å². The molecule has 5 heteroatoms. The fraction of sp³-hybridized carbons (Fsp3) is 0.600. The van der Waals surface area contributed by atoms with Crippen LogP contribution in [0, 0.1) is 13.8 Å². The summed E-state index contributed by atoms with van der Waals surface area (Å²) < 4.78 is 11.1. The summed E-state index contributed by atoms with van der Waals surface area (Å²) in [6, 6.07) is 6.06. The third-order valence-corrected chi connectivity index (χ3v) is 3.40. The van der Waals surface area contributed by atoms with E-state index in [9.17, 15) is 5.11 Å². The van der Waals surface area contributed by atoms with Crippen LogP contribution in [-0.4, -0.2) is 55.6 Å². The maximum Gasteiger partial charge on any atom is 0.125 e. The first-order valence-electron chi connectivity index (χ1n) is 6.84. The molecule has 1 heterocycles. The summed E-state index contributed by atoms with van der Waals surface area (Å²) in [5.74, 6) is 0.892. The van der Waals surface area contributed by atoms with Gasteiger partial charge in [0.05, 0.1) is 13.2 Å². The zero-order valence-electron chi connectivity index (χ0n) is 12.1. The van der Waals surface area contributed by atoms with E-state index in [-0.39, 0.29) is 12.4 Å². The Hall–Kier alpha value is -0.810. The van der Waals surface area contributed by atoms with Crippen molar-refractivity contribution in [3.8, 4) is 5.75 Å². The highest BCUT2D eigenvalue weighted by Crippen LogP contribution is 2.22. The molecule has 4 nitrogen and oxygen atoms in total. The van der Waals surface area contributed by atoms with E-state index in [0.717, 1.165) is 43.2 Å². The normalized spacial score (nSPS) is 17.4. The van der Waals surface area contributed by atoms with Crippen LogP contribution in [0.4, 0.5) is 0 Å². The van der Waals surface area contributed by atoms with Crippen molar-refractivity contribution in [3.63, 3.8) is 0 Å².